The Morgan fingerprint density at radius 3 is 2.52 bits per heavy atom. The summed E-state index contributed by atoms with van der Waals surface area (Å²) in [6.07, 6.45) is 0.802. The molecule has 5 heteroatoms. The van der Waals surface area contributed by atoms with Gasteiger partial charge in [-0.15, -0.1) is 11.3 Å². The summed E-state index contributed by atoms with van der Waals surface area (Å²) in [5.41, 5.74) is 4.31. The lowest BCUT2D eigenvalue weighted by atomic mass is 9.88. The van der Waals surface area contributed by atoms with Gasteiger partial charge in [-0.1, -0.05) is 36.4 Å². The Kier molecular flexibility index (Phi) is 5.97. The van der Waals surface area contributed by atoms with E-state index in [0.29, 0.717) is 18.0 Å². The molecule has 0 radical (unpaired) electrons. The number of halogens is 1. The van der Waals surface area contributed by atoms with Crippen LogP contribution in [0.5, 0.6) is 5.75 Å². The predicted molar refractivity (Wildman–Crippen MR) is 130 cm³/mol. The Hall–Kier alpha value is -3.44. The van der Waals surface area contributed by atoms with Gasteiger partial charge >= 0.3 is 0 Å². The van der Waals surface area contributed by atoms with E-state index in [4.69, 9.17) is 4.74 Å². The highest BCUT2D eigenvalue weighted by Crippen LogP contribution is 2.38. The van der Waals surface area contributed by atoms with Gasteiger partial charge in [0.2, 0.25) is 0 Å². The van der Waals surface area contributed by atoms with Gasteiger partial charge in [0.25, 0.3) is 5.91 Å². The van der Waals surface area contributed by atoms with Crippen molar-refractivity contribution in [2.45, 2.75) is 19.4 Å². The third kappa shape index (κ3) is 4.29. The summed E-state index contributed by atoms with van der Waals surface area (Å²) >= 11 is 1.50. The highest BCUT2D eigenvalue weighted by atomic mass is 32.1. The van der Waals surface area contributed by atoms with Crippen LogP contribution in [-0.2, 0) is 6.42 Å². The Labute approximate surface area is 197 Å². The number of hydrogen-bond acceptors (Lipinski definition) is 3. The van der Waals surface area contributed by atoms with Gasteiger partial charge in [0.1, 0.15) is 11.6 Å². The van der Waals surface area contributed by atoms with Crippen LogP contribution >= 0.6 is 11.3 Å². The molecule has 0 saturated heterocycles. The first-order valence-electron chi connectivity index (χ1n) is 11.1. The molecule has 0 bridgehead atoms. The molecule has 5 rings (SSSR count). The number of fused-ring (bicyclic) bond motifs is 1. The first kappa shape index (κ1) is 21.4. The maximum Gasteiger partial charge on any atom is 0.264 e. The lowest BCUT2D eigenvalue weighted by molar-refractivity contribution is 0.0699. The van der Waals surface area contributed by atoms with E-state index in [1.165, 1.54) is 29.0 Å². The number of hydrogen-bond donors (Lipinski definition) is 0. The number of amides is 1. The van der Waals surface area contributed by atoms with Gasteiger partial charge in [-0.3, -0.25) is 4.79 Å². The van der Waals surface area contributed by atoms with E-state index in [1.807, 2.05) is 60.4 Å². The molecule has 3 nitrogen and oxygen atoms in total. The summed E-state index contributed by atoms with van der Waals surface area (Å²) < 4.78 is 19.1. The molecule has 1 atom stereocenters. The fraction of sp³-hybridized carbons (Fsp3) is 0.179. The van der Waals surface area contributed by atoms with Gasteiger partial charge in [0, 0.05) is 11.4 Å². The topological polar surface area (TPSA) is 29.5 Å². The molecule has 1 aromatic heterocycles. The van der Waals surface area contributed by atoms with Crippen molar-refractivity contribution in [1.82, 2.24) is 4.90 Å². The maximum atomic E-state index is 13.7. The molecular formula is C28H24FNO2S. The predicted octanol–water partition coefficient (Wildman–Crippen LogP) is 6.74. The molecule has 0 fully saturated rings. The van der Waals surface area contributed by atoms with E-state index < -0.39 is 0 Å². The number of benzene rings is 3. The molecular weight excluding hydrogens is 433 g/mol. The molecule has 1 aliphatic heterocycles. The third-order valence-corrected chi connectivity index (χ3v) is 7.12. The summed E-state index contributed by atoms with van der Waals surface area (Å²) in [5.74, 6) is 0.559. The fourth-order valence-corrected chi connectivity index (χ4v) is 5.39. The average molecular weight is 458 g/mol. The normalized spacial score (nSPS) is 15.2. The van der Waals surface area contributed by atoms with E-state index in [9.17, 15) is 9.18 Å². The van der Waals surface area contributed by atoms with Crippen molar-refractivity contribution in [3.63, 3.8) is 0 Å². The van der Waals surface area contributed by atoms with Crippen molar-refractivity contribution in [1.29, 1.82) is 0 Å². The monoisotopic (exact) mass is 457 g/mol. The number of carbonyl (C=O) groups excluding carboxylic acids is 1. The van der Waals surface area contributed by atoms with Gasteiger partial charge in [0.15, 0.2) is 0 Å². The van der Waals surface area contributed by atoms with Crippen molar-refractivity contribution < 1.29 is 13.9 Å². The molecule has 33 heavy (non-hydrogen) atoms. The van der Waals surface area contributed by atoms with Gasteiger partial charge in [-0.05, 0) is 84.1 Å². The summed E-state index contributed by atoms with van der Waals surface area (Å²) in [4.78, 5) is 17.3. The van der Waals surface area contributed by atoms with Crippen molar-refractivity contribution >= 4 is 17.2 Å². The van der Waals surface area contributed by atoms with Crippen LogP contribution in [0.3, 0.4) is 0 Å². The van der Waals surface area contributed by atoms with E-state index in [2.05, 4.69) is 12.1 Å². The highest BCUT2D eigenvalue weighted by molar-refractivity contribution is 7.17. The van der Waals surface area contributed by atoms with Crippen LogP contribution in [0.1, 0.15) is 39.3 Å². The lowest BCUT2D eigenvalue weighted by Gasteiger charge is -2.37. The summed E-state index contributed by atoms with van der Waals surface area (Å²) in [5, 5.41) is 0. The molecule has 3 aromatic carbocycles. The summed E-state index contributed by atoms with van der Waals surface area (Å²) in [6.45, 7) is 3.21. The first-order chi connectivity index (χ1) is 16.1. The van der Waals surface area contributed by atoms with Crippen molar-refractivity contribution in [3.8, 4) is 16.2 Å². The Morgan fingerprint density at radius 2 is 1.76 bits per heavy atom. The SMILES string of the molecule is CCOc1ccc(-c2ccc(C(=O)N3CCc4ccccc4C3c3ccc(F)cc3)s2)cc1. The summed E-state index contributed by atoms with van der Waals surface area (Å²) in [6, 6.07) is 26.3. The Balaban J connectivity index is 1.46. The maximum absolute atomic E-state index is 13.7. The lowest BCUT2D eigenvalue weighted by Crippen LogP contribution is -2.40. The van der Waals surface area contributed by atoms with Gasteiger partial charge < -0.3 is 9.64 Å². The van der Waals surface area contributed by atoms with Crippen molar-refractivity contribution in [3.05, 3.63) is 112 Å². The number of thiophene rings is 1. The highest BCUT2D eigenvalue weighted by Gasteiger charge is 2.33. The van der Waals surface area contributed by atoms with Crippen molar-refractivity contribution in [2.75, 3.05) is 13.2 Å². The third-order valence-electron chi connectivity index (χ3n) is 6.00. The minimum atomic E-state index is -0.279. The van der Waals surface area contributed by atoms with Crippen LogP contribution in [-0.4, -0.2) is 24.0 Å². The number of rotatable bonds is 5. The second-order valence-corrected chi connectivity index (χ2v) is 9.11. The summed E-state index contributed by atoms with van der Waals surface area (Å²) in [7, 11) is 0. The van der Waals surface area contributed by atoms with Crippen LogP contribution in [0.2, 0.25) is 0 Å². The second-order valence-electron chi connectivity index (χ2n) is 8.02. The van der Waals surface area contributed by atoms with Crippen LogP contribution < -0.4 is 4.74 Å². The minimum Gasteiger partial charge on any atom is -0.494 e. The first-order valence-corrected chi connectivity index (χ1v) is 11.9. The molecule has 1 unspecified atom stereocenters. The number of ether oxygens (including phenoxy) is 1. The average Bonchev–Trinajstić information content (AvgIpc) is 3.35. The molecule has 0 spiro atoms. The van der Waals surface area contributed by atoms with Crippen LogP contribution in [0.15, 0.2) is 84.9 Å². The van der Waals surface area contributed by atoms with Gasteiger partial charge in [0.05, 0.1) is 17.5 Å². The van der Waals surface area contributed by atoms with Crippen LogP contribution in [0.4, 0.5) is 4.39 Å². The Bertz CT molecular complexity index is 1260. The van der Waals surface area contributed by atoms with Crippen molar-refractivity contribution in [2.24, 2.45) is 0 Å². The minimum absolute atomic E-state index is 0.000939. The van der Waals surface area contributed by atoms with Gasteiger partial charge in [-0.25, -0.2) is 4.39 Å². The molecule has 1 amide bonds. The molecule has 0 aliphatic carbocycles. The zero-order valence-electron chi connectivity index (χ0n) is 18.3. The largest absolute Gasteiger partial charge is 0.494 e. The zero-order valence-corrected chi connectivity index (χ0v) is 19.1. The molecule has 0 N–H and O–H groups in total. The molecule has 4 aromatic rings. The zero-order chi connectivity index (χ0) is 22.8. The van der Waals surface area contributed by atoms with Gasteiger partial charge in [-0.2, -0.15) is 0 Å². The standard InChI is InChI=1S/C28H24FNO2S/c1-2-32-23-13-9-20(10-14-23)25-15-16-26(33-25)28(31)30-18-17-19-5-3-4-6-24(19)27(30)21-7-11-22(29)12-8-21/h3-16,27H,2,17-18H2,1H3. The molecule has 2 heterocycles. The molecule has 1 aliphatic rings. The van der Waals surface area contributed by atoms with Crippen LogP contribution in [0, 0.1) is 5.82 Å². The second kappa shape index (κ2) is 9.20. The van der Waals surface area contributed by atoms with E-state index >= 15 is 0 Å². The number of carbonyl (C=O) groups is 1. The number of nitrogens with zero attached hydrogens (tertiary/aromatic N) is 1. The van der Waals surface area contributed by atoms with E-state index in [-0.39, 0.29) is 17.8 Å². The molecule has 0 saturated carbocycles. The Morgan fingerprint density at radius 1 is 1.00 bits per heavy atom. The van der Waals surface area contributed by atoms with E-state index in [0.717, 1.165) is 33.7 Å². The quantitative estimate of drug-likeness (QED) is 0.332. The van der Waals surface area contributed by atoms with E-state index in [1.54, 1.807) is 12.1 Å². The smallest absolute Gasteiger partial charge is 0.264 e. The fourth-order valence-electron chi connectivity index (χ4n) is 4.42. The molecule has 166 valence electrons. The van der Waals surface area contributed by atoms with Crippen LogP contribution in [0.25, 0.3) is 10.4 Å².